The second-order valence-corrected chi connectivity index (χ2v) is 7.56. The second kappa shape index (κ2) is 8.74. The van der Waals surface area contributed by atoms with Crippen LogP contribution in [0.25, 0.3) is 11.2 Å². The molecule has 1 aromatic carbocycles. The van der Waals surface area contributed by atoms with E-state index in [9.17, 15) is 14.7 Å². The molecule has 2 N–H and O–H groups in total. The quantitative estimate of drug-likeness (QED) is 0.575. The molecular formula is C21H29N5O4. The minimum absolute atomic E-state index is 0.0570. The molecule has 2 aromatic heterocycles. The number of nitrogens with zero attached hydrogens (tertiary/aromatic N) is 4. The molecule has 0 saturated carbocycles. The number of hydrogen-bond donors (Lipinski definition) is 2. The van der Waals surface area contributed by atoms with Gasteiger partial charge >= 0.3 is 5.69 Å². The average Bonchev–Trinajstić information content (AvgIpc) is 3.08. The van der Waals surface area contributed by atoms with E-state index in [4.69, 9.17) is 4.74 Å². The third-order valence-corrected chi connectivity index (χ3v) is 5.20. The first kappa shape index (κ1) is 21.6. The average molecular weight is 415 g/mol. The fourth-order valence-corrected chi connectivity index (χ4v) is 3.26. The molecule has 0 fully saturated rings. The number of imidazole rings is 1. The van der Waals surface area contributed by atoms with Gasteiger partial charge in [0.25, 0.3) is 5.56 Å². The summed E-state index contributed by atoms with van der Waals surface area (Å²) in [5, 5.41) is 13.8. The van der Waals surface area contributed by atoms with Crippen LogP contribution in [-0.4, -0.2) is 43.0 Å². The lowest BCUT2D eigenvalue weighted by Crippen LogP contribution is -2.38. The molecular weight excluding hydrogens is 386 g/mol. The molecule has 1 atom stereocenters. The van der Waals surface area contributed by atoms with Gasteiger partial charge in [-0.15, -0.1) is 0 Å². The Balaban J connectivity index is 1.92. The van der Waals surface area contributed by atoms with E-state index in [0.29, 0.717) is 18.2 Å². The Hall–Kier alpha value is -3.07. The van der Waals surface area contributed by atoms with Crippen molar-refractivity contribution in [3.05, 3.63) is 50.2 Å². The molecule has 1 unspecified atom stereocenters. The van der Waals surface area contributed by atoms with Crippen molar-refractivity contribution >= 4 is 17.1 Å². The molecule has 0 saturated heterocycles. The molecule has 0 bridgehead atoms. The van der Waals surface area contributed by atoms with Crippen molar-refractivity contribution in [2.75, 3.05) is 18.5 Å². The van der Waals surface area contributed by atoms with Crippen LogP contribution in [0.4, 0.5) is 5.95 Å². The molecule has 0 radical (unpaired) electrons. The largest absolute Gasteiger partial charge is 0.491 e. The van der Waals surface area contributed by atoms with E-state index < -0.39 is 17.4 Å². The maximum absolute atomic E-state index is 12.8. The summed E-state index contributed by atoms with van der Waals surface area (Å²) in [5.74, 6) is 1.12. The summed E-state index contributed by atoms with van der Waals surface area (Å²) in [6.07, 6.45) is -0.0217. The number of aromatic nitrogens is 4. The highest BCUT2D eigenvalue weighted by Crippen LogP contribution is 2.19. The van der Waals surface area contributed by atoms with Gasteiger partial charge < -0.3 is 19.7 Å². The van der Waals surface area contributed by atoms with Crippen LogP contribution in [0.1, 0.15) is 24.5 Å². The lowest BCUT2D eigenvalue weighted by molar-refractivity contribution is 0.0938. The molecule has 9 nitrogen and oxygen atoms in total. The third-order valence-electron chi connectivity index (χ3n) is 5.20. The molecule has 9 heteroatoms. The predicted octanol–water partition coefficient (Wildman–Crippen LogP) is 1.31. The van der Waals surface area contributed by atoms with Gasteiger partial charge in [-0.3, -0.25) is 13.9 Å². The van der Waals surface area contributed by atoms with Gasteiger partial charge in [0.05, 0.1) is 6.54 Å². The summed E-state index contributed by atoms with van der Waals surface area (Å²) in [4.78, 5) is 29.5. The van der Waals surface area contributed by atoms with Crippen LogP contribution in [-0.2, 0) is 20.6 Å². The van der Waals surface area contributed by atoms with Gasteiger partial charge in [0, 0.05) is 20.6 Å². The topological polar surface area (TPSA) is 103 Å². The van der Waals surface area contributed by atoms with E-state index >= 15 is 0 Å². The molecule has 2 heterocycles. The van der Waals surface area contributed by atoms with Gasteiger partial charge in [0.2, 0.25) is 5.95 Å². The molecule has 0 spiro atoms. The number of aryl methyl sites for hydroxylation is 3. The van der Waals surface area contributed by atoms with Crippen molar-refractivity contribution in [1.82, 2.24) is 18.7 Å². The highest BCUT2D eigenvalue weighted by Gasteiger charge is 2.21. The summed E-state index contributed by atoms with van der Waals surface area (Å²) in [6.45, 7) is 6.84. The predicted molar refractivity (Wildman–Crippen MR) is 116 cm³/mol. The minimum atomic E-state index is -0.881. The van der Waals surface area contributed by atoms with Gasteiger partial charge in [0.1, 0.15) is 18.5 Å². The van der Waals surface area contributed by atoms with Crippen molar-refractivity contribution in [2.24, 2.45) is 14.1 Å². The first-order valence-corrected chi connectivity index (χ1v) is 10.0. The van der Waals surface area contributed by atoms with Crippen molar-refractivity contribution in [1.29, 1.82) is 0 Å². The molecule has 30 heavy (non-hydrogen) atoms. The second-order valence-electron chi connectivity index (χ2n) is 7.56. The van der Waals surface area contributed by atoms with Crippen LogP contribution in [0.3, 0.4) is 0 Å². The van der Waals surface area contributed by atoms with E-state index in [0.717, 1.165) is 16.6 Å². The molecule has 3 aromatic rings. The fourth-order valence-electron chi connectivity index (χ4n) is 3.26. The number of ether oxygens (including phenoxy) is 1. The Morgan fingerprint density at radius 1 is 1.17 bits per heavy atom. The van der Waals surface area contributed by atoms with E-state index in [2.05, 4.69) is 10.3 Å². The molecule has 0 aliphatic heterocycles. The van der Waals surface area contributed by atoms with E-state index in [1.54, 1.807) is 11.6 Å². The van der Waals surface area contributed by atoms with Gasteiger partial charge in [0.15, 0.2) is 11.2 Å². The number of anilines is 1. The number of hydrogen-bond acceptors (Lipinski definition) is 6. The van der Waals surface area contributed by atoms with Gasteiger partial charge in [-0.25, -0.2) is 4.79 Å². The van der Waals surface area contributed by atoms with Crippen LogP contribution < -0.4 is 21.3 Å². The summed E-state index contributed by atoms with van der Waals surface area (Å²) in [5.41, 5.74) is 1.93. The van der Waals surface area contributed by atoms with Gasteiger partial charge in [-0.05, 0) is 43.5 Å². The SMILES string of the molecule is CCCNc1nc2c(c(=O)n(C)c(=O)n2C)n1CC(O)COc1ccc(C)c(C)c1. The van der Waals surface area contributed by atoms with Crippen molar-refractivity contribution < 1.29 is 9.84 Å². The maximum atomic E-state index is 12.8. The monoisotopic (exact) mass is 415 g/mol. The lowest BCUT2D eigenvalue weighted by atomic mass is 10.1. The molecule has 162 valence electrons. The van der Waals surface area contributed by atoms with Crippen LogP contribution in [0, 0.1) is 13.8 Å². The van der Waals surface area contributed by atoms with E-state index in [1.165, 1.54) is 17.2 Å². The Bertz CT molecular complexity index is 1170. The standard InChI is InChI=1S/C21H29N5O4/c1-6-9-22-20-23-18-17(19(28)25(5)21(29)24(18)4)26(20)11-15(27)12-30-16-8-7-13(2)14(3)10-16/h7-8,10,15,27H,6,9,11-12H2,1-5H3,(H,22,23). The molecule has 0 amide bonds. The van der Waals surface area contributed by atoms with Crippen molar-refractivity contribution in [2.45, 2.75) is 39.8 Å². The summed E-state index contributed by atoms with van der Waals surface area (Å²) >= 11 is 0. The van der Waals surface area contributed by atoms with E-state index in [1.807, 2.05) is 39.0 Å². The Labute approximate surface area is 174 Å². The van der Waals surface area contributed by atoms with Gasteiger partial charge in [-0.2, -0.15) is 4.98 Å². The first-order chi connectivity index (χ1) is 14.2. The zero-order valence-corrected chi connectivity index (χ0v) is 18.1. The zero-order chi connectivity index (χ0) is 22.0. The minimum Gasteiger partial charge on any atom is -0.491 e. The number of benzene rings is 1. The maximum Gasteiger partial charge on any atom is 0.332 e. The van der Waals surface area contributed by atoms with Crippen LogP contribution in [0.15, 0.2) is 27.8 Å². The number of nitrogens with one attached hydrogen (secondary N) is 1. The zero-order valence-electron chi connectivity index (χ0n) is 18.1. The molecule has 0 aliphatic carbocycles. The smallest absolute Gasteiger partial charge is 0.332 e. The van der Waals surface area contributed by atoms with E-state index in [-0.39, 0.29) is 24.3 Å². The Kier molecular flexibility index (Phi) is 6.31. The highest BCUT2D eigenvalue weighted by molar-refractivity contribution is 5.74. The normalized spacial score (nSPS) is 12.3. The lowest BCUT2D eigenvalue weighted by Gasteiger charge is -2.16. The fraction of sp³-hybridized carbons (Fsp3) is 0.476. The molecule has 0 aliphatic rings. The van der Waals surface area contributed by atoms with Crippen LogP contribution >= 0.6 is 0 Å². The summed E-state index contributed by atoms with van der Waals surface area (Å²) in [6, 6.07) is 5.76. The van der Waals surface area contributed by atoms with Gasteiger partial charge in [-0.1, -0.05) is 13.0 Å². The number of fused-ring (bicyclic) bond motifs is 1. The highest BCUT2D eigenvalue weighted by atomic mass is 16.5. The third kappa shape index (κ3) is 4.11. The Morgan fingerprint density at radius 3 is 2.57 bits per heavy atom. The van der Waals surface area contributed by atoms with Crippen molar-refractivity contribution in [3.63, 3.8) is 0 Å². The number of rotatable bonds is 8. The first-order valence-electron chi connectivity index (χ1n) is 10.0. The summed E-state index contributed by atoms with van der Waals surface area (Å²) in [7, 11) is 3.00. The Morgan fingerprint density at radius 2 is 1.90 bits per heavy atom. The summed E-state index contributed by atoms with van der Waals surface area (Å²) < 4.78 is 9.75. The number of aliphatic hydroxyl groups excluding tert-OH is 1. The molecule has 3 rings (SSSR count). The number of aliphatic hydroxyl groups is 1. The van der Waals surface area contributed by atoms with Crippen molar-refractivity contribution in [3.8, 4) is 5.75 Å². The van der Waals surface area contributed by atoms with Crippen LogP contribution in [0.2, 0.25) is 0 Å². The van der Waals surface area contributed by atoms with Crippen LogP contribution in [0.5, 0.6) is 5.75 Å².